The molecule has 0 unspecified atom stereocenters. The minimum Gasteiger partial charge on any atom is -0.443 e. The molecule has 1 N–H and O–H groups in total. The number of carbonyl (C=O) groups is 2. The van der Waals surface area contributed by atoms with Crippen LogP contribution in [0, 0.1) is 0 Å². The average molecular weight is 290 g/mol. The zero-order valence-corrected chi connectivity index (χ0v) is 12.3. The zero-order valence-electron chi connectivity index (χ0n) is 12.3. The first-order valence-corrected chi connectivity index (χ1v) is 6.67. The normalized spacial score (nSPS) is 14.3. The Morgan fingerprint density at radius 2 is 2.10 bits per heavy atom. The predicted molar refractivity (Wildman–Crippen MR) is 78.3 cm³/mol. The fraction of sp³-hybridized carbons (Fsp3) is 0.400. The van der Waals surface area contributed by atoms with Gasteiger partial charge in [-0.25, -0.2) is 4.79 Å². The third kappa shape index (κ3) is 3.39. The van der Waals surface area contributed by atoms with E-state index < -0.39 is 11.7 Å². The van der Waals surface area contributed by atoms with Crippen LogP contribution in [0.25, 0.3) is 0 Å². The molecule has 1 aromatic rings. The maximum absolute atomic E-state index is 12.1. The number of anilines is 1. The quantitative estimate of drug-likeness (QED) is 0.393. The van der Waals surface area contributed by atoms with Crippen molar-refractivity contribution in [3.63, 3.8) is 0 Å². The van der Waals surface area contributed by atoms with Gasteiger partial charge in [0.2, 0.25) is 5.78 Å². The minimum atomic E-state index is -0.548. The topological polar surface area (TPSA) is 79.2 Å². The van der Waals surface area contributed by atoms with Crippen molar-refractivity contribution in [2.75, 3.05) is 11.4 Å². The molecule has 6 nitrogen and oxygen atoms in total. The van der Waals surface area contributed by atoms with Crippen molar-refractivity contribution in [3.8, 4) is 0 Å². The molecule has 21 heavy (non-hydrogen) atoms. The van der Waals surface area contributed by atoms with E-state index in [1.165, 1.54) is 0 Å². The molecule has 0 atom stereocenters. The molecule has 0 radical (unpaired) electrons. The molecule has 1 aliphatic heterocycles. The highest BCUT2D eigenvalue weighted by Crippen LogP contribution is 2.30. The van der Waals surface area contributed by atoms with Gasteiger partial charge in [-0.05, 0) is 51.0 Å². The average Bonchev–Trinajstić information content (AvgIpc) is 2.79. The summed E-state index contributed by atoms with van der Waals surface area (Å²) in [7, 11) is 0. The number of carbonyl (C=O) groups excluding carboxylic acids is 2. The molecule has 1 aromatic carbocycles. The van der Waals surface area contributed by atoms with Gasteiger partial charge < -0.3 is 9.94 Å². The summed E-state index contributed by atoms with van der Waals surface area (Å²) in [5.41, 5.74) is 1.53. The summed E-state index contributed by atoms with van der Waals surface area (Å²) in [5.74, 6) is -0.379. The zero-order chi connectivity index (χ0) is 15.6. The van der Waals surface area contributed by atoms with Crippen LogP contribution in [0.1, 0.15) is 36.7 Å². The summed E-state index contributed by atoms with van der Waals surface area (Å²) >= 11 is 0. The van der Waals surface area contributed by atoms with Gasteiger partial charge in [-0.15, -0.1) is 0 Å². The second kappa shape index (κ2) is 5.55. The third-order valence-corrected chi connectivity index (χ3v) is 3.05. The molecule has 0 aromatic heterocycles. The van der Waals surface area contributed by atoms with Gasteiger partial charge in [0.25, 0.3) is 0 Å². The standard InChI is InChI=1S/C15H18N2O4/c1-15(2,3)21-14(19)17-7-6-10-8-11(4-5-12(10)17)13(18)9-16-20/h4-5,8-9,20H,6-7H2,1-3H3. The van der Waals surface area contributed by atoms with Crippen molar-refractivity contribution >= 4 is 23.8 Å². The van der Waals surface area contributed by atoms with E-state index in [0.717, 1.165) is 17.5 Å². The molecule has 1 heterocycles. The van der Waals surface area contributed by atoms with Crippen LogP contribution in [0.3, 0.4) is 0 Å². The van der Waals surface area contributed by atoms with Gasteiger partial charge >= 0.3 is 6.09 Å². The third-order valence-electron chi connectivity index (χ3n) is 3.05. The number of Topliss-reactive ketones (excluding diaryl/α,β-unsaturated/α-hetero) is 1. The number of ether oxygens (including phenoxy) is 1. The van der Waals surface area contributed by atoms with Crippen LogP contribution in [0.5, 0.6) is 0 Å². The molecule has 0 fully saturated rings. The van der Waals surface area contributed by atoms with Crippen molar-refractivity contribution in [3.05, 3.63) is 29.3 Å². The van der Waals surface area contributed by atoms with E-state index in [0.29, 0.717) is 18.5 Å². The van der Waals surface area contributed by atoms with E-state index in [2.05, 4.69) is 5.16 Å². The Morgan fingerprint density at radius 1 is 1.38 bits per heavy atom. The van der Waals surface area contributed by atoms with Crippen LogP contribution in [0.4, 0.5) is 10.5 Å². The lowest BCUT2D eigenvalue weighted by Gasteiger charge is -2.24. The highest BCUT2D eigenvalue weighted by molar-refractivity contribution is 6.35. The van der Waals surface area contributed by atoms with Crippen molar-refractivity contribution in [1.29, 1.82) is 0 Å². The summed E-state index contributed by atoms with van der Waals surface area (Å²) < 4.78 is 5.36. The molecular weight excluding hydrogens is 272 g/mol. The Morgan fingerprint density at radius 3 is 2.71 bits per heavy atom. The monoisotopic (exact) mass is 290 g/mol. The van der Waals surface area contributed by atoms with Crippen molar-refractivity contribution in [2.45, 2.75) is 32.8 Å². The molecule has 0 bridgehead atoms. The SMILES string of the molecule is CC(C)(C)OC(=O)N1CCc2cc(C(=O)C=NO)ccc21. The highest BCUT2D eigenvalue weighted by Gasteiger charge is 2.29. The Kier molecular flexibility index (Phi) is 3.97. The van der Waals surface area contributed by atoms with E-state index in [1.54, 1.807) is 23.1 Å². The first-order chi connectivity index (χ1) is 9.81. The molecule has 0 spiro atoms. The number of rotatable bonds is 2. The van der Waals surface area contributed by atoms with Crippen LogP contribution in [0.2, 0.25) is 0 Å². The highest BCUT2D eigenvalue weighted by atomic mass is 16.6. The Balaban J connectivity index is 2.22. The number of amides is 1. The number of hydrogen-bond acceptors (Lipinski definition) is 5. The smallest absolute Gasteiger partial charge is 0.414 e. The predicted octanol–water partition coefficient (Wildman–Crippen LogP) is 2.63. The molecule has 1 aliphatic rings. The molecule has 0 saturated carbocycles. The molecule has 112 valence electrons. The summed E-state index contributed by atoms with van der Waals surface area (Å²) in [6.07, 6.45) is 1.12. The van der Waals surface area contributed by atoms with E-state index >= 15 is 0 Å². The van der Waals surface area contributed by atoms with Gasteiger partial charge in [0.15, 0.2) is 0 Å². The summed E-state index contributed by atoms with van der Waals surface area (Å²) in [6.45, 7) is 5.98. The lowest BCUT2D eigenvalue weighted by Crippen LogP contribution is -2.35. The van der Waals surface area contributed by atoms with Gasteiger partial charge in [-0.2, -0.15) is 0 Å². The number of fused-ring (bicyclic) bond motifs is 1. The molecular formula is C15H18N2O4. The van der Waals surface area contributed by atoms with Crippen LogP contribution in [-0.2, 0) is 11.2 Å². The Labute approximate surface area is 123 Å². The Bertz CT molecular complexity index is 602. The summed E-state index contributed by atoms with van der Waals surface area (Å²) in [6, 6.07) is 5.03. The lowest BCUT2D eigenvalue weighted by atomic mass is 10.1. The van der Waals surface area contributed by atoms with E-state index in [4.69, 9.17) is 9.94 Å². The second-order valence-corrected chi connectivity index (χ2v) is 5.83. The van der Waals surface area contributed by atoms with Gasteiger partial charge in [0.05, 0.1) is 5.69 Å². The number of benzene rings is 1. The first kappa shape index (κ1) is 15.0. The fourth-order valence-corrected chi connectivity index (χ4v) is 2.19. The van der Waals surface area contributed by atoms with E-state index in [1.807, 2.05) is 20.8 Å². The molecule has 0 aliphatic carbocycles. The number of ketones is 1. The summed E-state index contributed by atoms with van der Waals surface area (Å²) in [4.78, 5) is 25.3. The van der Waals surface area contributed by atoms with Crippen molar-refractivity contribution in [1.82, 2.24) is 0 Å². The summed E-state index contributed by atoms with van der Waals surface area (Å²) in [5, 5.41) is 11.1. The molecule has 2 rings (SSSR count). The number of hydrogen-bond donors (Lipinski definition) is 1. The largest absolute Gasteiger partial charge is 0.443 e. The molecule has 0 saturated heterocycles. The van der Waals surface area contributed by atoms with E-state index in [-0.39, 0.29) is 5.78 Å². The lowest BCUT2D eigenvalue weighted by molar-refractivity contribution is 0.0584. The van der Waals surface area contributed by atoms with Crippen LogP contribution in [-0.4, -0.2) is 35.4 Å². The maximum Gasteiger partial charge on any atom is 0.414 e. The second-order valence-electron chi connectivity index (χ2n) is 5.83. The molecule has 1 amide bonds. The van der Waals surface area contributed by atoms with Crippen LogP contribution >= 0.6 is 0 Å². The first-order valence-electron chi connectivity index (χ1n) is 6.67. The van der Waals surface area contributed by atoms with E-state index in [9.17, 15) is 9.59 Å². The van der Waals surface area contributed by atoms with Crippen LogP contribution in [0.15, 0.2) is 23.4 Å². The Hall–Kier alpha value is -2.37. The van der Waals surface area contributed by atoms with Crippen molar-refractivity contribution in [2.24, 2.45) is 5.16 Å². The van der Waals surface area contributed by atoms with Crippen molar-refractivity contribution < 1.29 is 19.5 Å². The van der Waals surface area contributed by atoms with Gasteiger partial charge in [0.1, 0.15) is 11.8 Å². The molecule has 6 heteroatoms. The fourth-order valence-electron chi connectivity index (χ4n) is 2.19. The number of oxime groups is 1. The van der Waals surface area contributed by atoms with Crippen LogP contribution < -0.4 is 4.90 Å². The van der Waals surface area contributed by atoms with Gasteiger partial charge in [-0.3, -0.25) is 9.69 Å². The van der Waals surface area contributed by atoms with Gasteiger partial charge in [-0.1, -0.05) is 5.16 Å². The maximum atomic E-state index is 12.1. The minimum absolute atomic E-state index is 0.379. The van der Waals surface area contributed by atoms with Gasteiger partial charge in [0, 0.05) is 12.1 Å². The number of nitrogens with zero attached hydrogens (tertiary/aromatic N) is 2.